The van der Waals surface area contributed by atoms with Crippen molar-refractivity contribution in [2.45, 2.75) is 53.6 Å². The number of hydrogen-bond donors (Lipinski definition) is 1. The first-order chi connectivity index (χ1) is 10.1. The van der Waals surface area contributed by atoms with Gasteiger partial charge in [-0.15, -0.1) is 0 Å². The summed E-state index contributed by atoms with van der Waals surface area (Å²) >= 11 is 0. The summed E-state index contributed by atoms with van der Waals surface area (Å²) in [6, 6.07) is 8.65. The summed E-state index contributed by atoms with van der Waals surface area (Å²) in [5.41, 5.74) is 2.76. The maximum absolute atomic E-state index is 5.83. The smallest absolute Gasteiger partial charge is 0.0719 e. The number of nitrogens with one attached hydrogen (secondary N) is 1. The Kier molecular flexibility index (Phi) is 9.36. The fourth-order valence-electron chi connectivity index (χ4n) is 2.33. The maximum atomic E-state index is 5.83. The van der Waals surface area contributed by atoms with Gasteiger partial charge < -0.3 is 10.1 Å². The van der Waals surface area contributed by atoms with Crippen molar-refractivity contribution >= 4 is 0 Å². The van der Waals surface area contributed by atoms with Gasteiger partial charge in [0.25, 0.3) is 0 Å². The van der Waals surface area contributed by atoms with Gasteiger partial charge in [0.15, 0.2) is 0 Å². The average Bonchev–Trinajstić information content (AvgIpc) is 2.44. The van der Waals surface area contributed by atoms with Crippen molar-refractivity contribution in [2.75, 3.05) is 19.7 Å². The van der Waals surface area contributed by atoms with Gasteiger partial charge in [-0.2, -0.15) is 0 Å². The second-order valence-corrected chi connectivity index (χ2v) is 6.71. The van der Waals surface area contributed by atoms with E-state index in [-0.39, 0.29) is 0 Å². The zero-order valence-electron chi connectivity index (χ0n) is 14.3. The Morgan fingerprint density at radius 2 is 1.71 bits per heavy atom. The highest BCUT2D eigenvalue weighted by atomic mass is 16.5. The lowest BCUT2D eigenvalue weighted by atomic mass is 10.0. The normalized spacial score (nSPS) is 11.5. The molecule has 0 heterocycles. The van der Waals surface area contributed by atoms with Crippen molar-refractivity contribution in [1.82, 2.24) is 5.32 Å². The molecule has 120 valence electrons. The van der Waals surface area contributed by atoms with Crippen LogP contribution in [0, 0.1) is 11.8 Å². The van der Waals surface area contributed by atoms with Crippen LogP contribution >= 0.6 is 0 Å². The molecule has 0 aliphatic heterocycles. The molecule has 0 saturated carbocycles. The van der Waals surface area contributed by atoms with E-state index in [0.29, 0.717) is 5.92 Å². The second-order valence-electron chi connectivity index (χ2n) is 6.71. The molecule has 2 heteroatoms. The molecule has 1 N–H and O–H groups in total. The lowest BCUT2D eigenvalue weighted by molar-refractivity contribution is 0.114. The maximum Gasteiger partial charge on any atom is 0.0719 e. The van der Waals surface area contributed by atoms with Gasteiger partial charge in [0, 0.05) is 6.61 Å². The van der Waals surface area contributed by atoms with E-state index in [2.05, 4.69) is 57.3 Å². The number of ether oxygens (including phenoxy) is 1. The highest BCUT2D eigenvalue weighted by molar-refractivity contribution is 5.26. The van der Waals surface area contributed by atoms with E-state index in [4.69, 9.17) is 4.74 Å². The van der Waals surface area contributed by atoms with E-state index >= 15 is 0 Å². The Balaban J connectivity index is 2.30. The summed E-state index contributed by atoms with van der Waals surface area (Å²) in [6.07, 6.45) is 3.49. The number of rotatable bonds is 11. The van der Waals surface area contributed by atoms with Crippen LogP contribution in [0.4, 0.5) is 0 Å². The molecular formula is C19H33NO. The van der Waals surface area contributed by atoms with E-state index < -0.39 is 0 Å². The molecule has 1 aromatic rings. The van der Waals surface area contributed by atoms with Crippen LogP contribution in [0.2, 0.25) is 0 Å². The van der Waals surface area contributed by atoms with Gasteiger partial charge in [0.2, 0.25) is 0 Å². The molecular weight excluding hydrogens is 258 g/mol. The predicted octanol–water partition coefficient (Wildman–Crippen LogP) is 4.43. The van der Waals surface area contributed by atoms with Gasteiger partial charge in [-0.25, -0.2) is 0 Å². The van der Waals surface area contributed by atoms with Gasteiger partial charge in [0.05, 0.1) is 6.61 Å². The summed E-state index contributed by atoms with van der Waals surface area (Å²) in [4.78, 5) is 0. The Bertz CT molecular complexity index is 374. The van der Waals surface area contributed by atoms with E-state index in [1.54, 1.807) is 0 Å². The summed E-state index contributed by atoms with van der Waals surface area (Å²) in [7, 11) is 0. The molecule has 0 aromatic heterocycles. The standard InChI is InChI=1S/C19H33NO/c1-16(2)8-7-13-21-15-19-10-6-5-9-18(19)11-12-20-14-17(3)4/h5-6,9-10,16-17,20H,7-8,11-15H2,1-4H3. The Morgan fingerprint density at radius 1 is 1.00 bits per heavy atom. The van der Waals surface area contributed by atoms with Crippen LogP contribution in [0.1, 0.15) is 51.7 Å². The van der Waals surface area contributed by atoms with Crippen molar-refractivity contribution in [3.63, 3.8) is 0 Å². The third-order valence-electron chi connectivity index (χ3n) is 3.57. The van der Waals surface area contributed by atoms with Gasteiger partial charge in [-0.05, 0) is 55.3 Å². The molecule has 0 radical (unpaired) electrons. The molecule has 0 fully saturated rings. The van der Waals surface area contributed by atoms with Crippen LogP contribution in [0.25, 0.3) is 0 Å². The molecule has 0 saturated heterocycles. The largest absolute Gasteiger partial charge is 0.377 e. The number of benzene rings is 1. The molecule has 0 unspecified atom stereocenters. The summed E-state index contributed by atoms with van der Waals surface area (Å²) in [6.45, 7) is 12.8. The van der Waals surface area contributed by atoms with Crippen LogP contribution < -0.4 is 5.32 Å². The van der Waals surface area contributed by atoms with Crippen LogP contribution in [-0.4, -0.2) is 19.7 Å². The van der Waals surface area contributed by atoms with Crippen molar-refractivity contribution in [2.24, 2.45) is 11.8 Å². The highest BCUT2D eigenvalue weighted by Gasteiger charge is 2.03. The van der Waals surface area contributed by atoms with Crippen LogP contribution in [0.15, 0.2) is 24.3 Å². The molecule has 21 heavy (non-hydrogen) atoms. The molecule has 1 rings (SSSR count). The first kappa shape index (κ1) is 18.2. The lowest BCUT2D eigenvalue weighted by Gasteiger charge is -2.12. The third-order valence-corrected chi connectivity index (χ3v) is 3.57. The lowest BCUT2D eigenvalue weighted by Crippen LogP contribution is -2.22. The first-order valence-electron chi connectivity index (χ1n) is 8.44. The minimum Gasteiger partial charge on any atom is -0.377 e. The minimum absolute atomic E-state index is 0.713. The SMILES string of the molecule is CC(C)CCCOCc1ccccc1CCNCC(C)C. The molecule has 0 atom stereocenters. The molecule has 0 aliphatic rings. The van der Waals surface area contributed by atoms with Gasteiger partial charge in [0.1, 0.15) is 0 Å². The highest BCUT2D eigenvalue weighted by Crippen LogP contribution is 2.11. The van der Waals surface area contributed by atoms with E-state index in [1.807, 2.05) is 0 Å². The van der Waals surface area contributed by atoms with Crippen molar-refractivity contribution in [3.05, 3.63) is 35.4 Å². The van der Waals surface area contributed by atoms with Crippen molar-refractivity contribution < 1.29 is 4.74 Å². The van der Waals surface area contributed by atoms with E-state index in [9.17, 15) is 0 Å². The average molecular weight is 291 g/mol. The molecule has 0 spiro atoms. The van der Waals surface area contributed by atoms with E-state index in [1.165, 1.54) is 17.5 Å². The number of hydrogen-bond acceptors (Lipinski definition) is 2. The van der Waals surface area contributed by atoms with E-state index in [0.717, 1.165) is 45.1 Å². The molecule has 2 nitrogen and oxygen atoms in total. The van der Waals surface area contributed by atoms with Crippen molar-refractivity contribution in [3.8, 4) is 0 Å². The zero-order valence-corrected chi connectivity index (χ0v) is 14.3. The Morgan fingerprint density at radius 3 is 2.38 bits per heavy atom. The zero-order chi connectivity index (χ0) is 15.5. The predicted molar refractivity (Wildman–Crippen MR) is 91.6 cm³/mol. The van der Waals surface area contributed by atoms with Gasteiger partial charge in [-0.1, -0.05) is 52.0 Å². The summed E-state index contributed by atoms with van der Waals surface area (Å²) in [5, 5.41) is 3.51. The molecule has 0 aliphatic carbocycles. The minimum atomic E-state index is 0.713. The van der Waals surface area contributed by atoms with Crippen LogP contribution in [0.5, 0.6) is 0 Å². The second kappa shape index (κ2) is 10.8. The molecule has 0 amide bonds. The van der Waals surface area contributed by atoms with Crippen LogP contribution in [0.3, 0.4) is 0 Å². The van der Waals surface area contributed by atoms with Gasteiger partial charge in [-0.3, -0.25) is 0 Å². The Hall–Kier alpha value is -0.860. The van der Waals surface area contributed by atoms with Crippen LogP contribution in [-0.2, 0) is 17.8 Å². The topological polar surface area (TPSA) is 21.3 Å². The third kappa shape index (κ3) is 8.90. The monoisotopic (exact) mass is 291 g/mol. The fraction of sp³-hybridized carbons (Fsp3) is 0.684. The fourth-order valence-corrected chi connectivity index (χ4v) is 2.33. The van der Waals surface area contributed by atoms with Gasteiger partial charge >= 0.3 is 0 Å². The first-order valence-corrected chi connectivity index (χ1v) is 8.44. The quantitative estimate of drug-likeness (QED) is 0.609. The molecule has 0 bridgehead atoms. The Labute approximate surface area is 131 Å². The summed E-state index contributed by atoms with van der Waals surface area (Å²) in [5.74, 6) is 1.48. The summed E-state index contributed by atoms with van der Waals surface area (Å²) < 4.78 is 5.83. The molecule has 1 aromatic carbocycles. The van der Waals surface area contributed by atoms with Crippen molar-refractivity contribution in [1.29, 1.82) is 0 Å².